The zero-order valence-corrected chi connectivity index (χ0v) is 18.2. The molecule has 3 N–H and O–H groups in total. The Hall–Kier alpha value is -2.39. The molecule has 10 heteroatoms. The predicted octanol–water partition coefficient (Wildman–Crippen LogP) is 2.30. The molecule has 0 unspecified atom stereocenters. The normalized spacial score (nSPS) is 15.5. The van der Waals surface area contributed by atoms with Crippen molar-refractivity contribution in [1.29, 1.82) is 0 Å². The second-order valence-corrected chi connectivity index (χ2v) is 8.16. The Bertz CT molecular complexity index is 1170. The molecule has 1 amide bonds. The summed E-state index contributed by atoms with van der Waals surface area (Å²) in [7, 11) is 0. The molecule has 1 aromatic carbocycles. The number of fused-ring (bicyclic) bond motifs is 1. The van der Waals surface area contributed by atoms with Crippen LogP contribution in [0.4, 0.5) is 4.39 Å². The molecule has 1 fully saturated rings. The van der Waals surface area contributed by atoms with Gasteiger partial charge in [0.25, 0.3) is 11.5 Å². The molecule has 0 spiro atoms. The molecule has 3 heterocycles. The van der Waals surface area contributed by atoms with E-state index in [4.69, 9.17) is 23.2 Å². The highest BCUT2D eigenvalue weighted by molar-refractivity contribution is 6.42. The van der Waals surface area contributed by atoms with E-state index in [0.717, 1.165) is 13.1 Å². The number of nitrogens with one attached hydrogen (secondary N) is 3. The van der Waals surface area contributed by atoms with Gasteiger partial charge in [0.15, 0.2) is 0 Å². The Morgan fingerprint density at radius 2 is 1.77 bits per heavy atom. The van der Waals surface area contributed by atoms with Gasteiger partial charge in [0.05, 0.1) is 10.6 Å². The third-order valence-corrected chi connectivity index (χ3v) is 6.07. The molecular weight excluding hydrogens is 444 g/mol. The number of nitrogens with zero attached hydrogens (tertiary/aromatic N) is 2. The van der Waals surface area contributed by atoms with E-state index in [2.05, 4.69) is 15.6 Å². The number of aromatic amines is 1. The van der Waals surface area contributed by atoms with Gasteiger partial charge in [-0.2, -0.15) is 0 Å². The summed E-state index contributed by atoms with van der Waals surface area (Å²) >= 11 is 12.4. The third kappa shape index (κ3) is 4.62. The molecule has 1 saturated heterocycles. The summed E-state index contributed by atoms with van der Waals surface area (Å²) in [6.45, 7) is 3.95. The van der Waals surface area contributed by atoms with Gasteiger partial charge in [0, 0.05) is 57.6 Å². The van der Waals surface area contributed by atoms with Gasteiger partial charge in [-0.3, -0.25) is 14.0 Å². The molecule has 31 heavy (non-hydrogen) atoms. The van der Waals surface area contributed by atoms with E-state index in [0.29, 0.717) is 49.4 Å². The molecule has 1 aliphatic rings. The van der Waals surface area contributed by atoms with Crippen LogP contribution in [0.15, 0.2) is 35.3 Å². The van der Waals surface area contributed by atoms with Crippen molar-refractivity contribution in [2.75, 3.05) is 39.3 Å². The summed E-state index contributed by atoms with van der Waals surface area (Å²) < 4.78 is 16.1. The van der Waals surface area contributed by atoms with Crippen molar-refractivity contribution >= 4 is 34.6 Å². The summed E-state index contributed by atoms with van der Waals surface area (Å²) in [4.78, 5) is 29.5. The number of hydrogen-bond donors (Lipinski definition) is 3. The standard InChI is InChI=1S/C21H22Cl2FN5O2/c22-16-11-18-20(30)27-12-14(29(18)19(16)23)9-13-1-2-17(24)15(10-13)21(31)28-7-5-25-3-4-26-6-8-28/h1-2,10-12,25-26H,3-9H2,(H,27,30). The van der Waals surface area contributed by atoms with Gasteiger partial charge in [-0.15, -0.1) is 0 Å². The fourth-order valence-corrected chi connectivity index (χ4v) is 4.16. The first kappa shape index (κ1) is 21.8. The number of aromatic nitrogens is 2. The third-order valence-electron chi connectivity index (χ3n) is 5.32. The van der Waals surface area contributed by atoms with Crippen LogP contribution in [0.5, 0.6) is 0 Å². The minimum Gasteiger partial charge on any atom is -0.336 e. The van der Waals surface area contributed by atoms with Crippen LogP contribution in [-0.4, -0.2) is 59.5 Å². The first-order valence-electron chi connectivity index (χ1n) is 10.0. The highest BCUT2D eigenvalue weighted by Gasteiger charge is 2.21. The van der Waals surface area contributed by atoms with E-state index in [1.807, 2.05) is 0 Å². The van der Waals surface area contributed by atoms with E-state index in [9.17, 15) is 14.0 Å². The van der Waals surface area contributed by atoms with Crippen LogP contribution in [0.25, 0.3) is 5.52 Å². The van der Waals surface area contributed by atoms with Gasteiger partial charge in [-0.05, 0) is 23.8 Å². The SMILES string of the molecule is O=C(c1cc(Cc2c[nH]c(=O)c3cc(Cl)c(Cl)n23)ccc1F)N1CCNCCNCC1. The Balaban J connectivity index is 1.64. The number of halogens is 3. The molecule has 4 rings (SSSR count). The first-order valence-corrected chi connectivity index (χ1v) is 10.8. The van der Waals surface area contributed by atoms with Crippen molar-refractivity contribution in [2.24, 2.45) is 0 Å². The van der Waals surface area contributed by atoms with Crippen LogP contribution in [0.3, 0.4) is 0 Å². The average molecular weight is 466 g/mol. The van der Waals surface area contributed by atoms with Crippen molar-refractivity contribution in [1.82, 2.24) is 24.9 Å². The van der Waals surface area contributed by atoms with Gasteiger partial charge in [-0.1, -0.05) is 29.3 Å². The Kier molecular flexibility index (Phi) is 6.62. The summed E-state index contributed by atoms with van der Waals surface area (Å²) in [6, 6.07) is 5.96. The van der Waals surface area contributed by atoms with Crippen molar-refractivity contribution < 1.29 is 9.18 Å². The Morgan fingerprint density at radius 3 is 2.48 bits per heavy atom. The van der Waals surface area contributed by atoms with Crippen LogP contribution >= 0.6 is 23.2 Å². The predicted molar refractivity (Wildman–Crippen MR) is 119 cm³/mol. The first-order chi connectivity index (χ1) is 15.0. The fourth-order valence-electron chi connectivity index (χ4n) is 3.72. The number of H-pyrrole nitrogens is 1. The van der Waals surface area contributed by atoms with E-state index >= 15 is 0 Å². The van der Waals surface area contributed by atoms with Crippen LogP contribution in [0.2, 0.25) is 10.2 Å². The maximum absolute atomic E-state index is 14.6. The molecule has 7 nitrogen and oxygen atoms in total. The minimum atomic E-state index is -0.566. The summed E-state index contributed by atoms with van der Waals surface area (Å²) in [6.07, 6.45) is 1.86. The van der Waals surface area contributed by atoms with Crippen LogP contribution in [0, 0.1) is 5.82 Å². The van der Waals surface area contributed by atoms with Crippen molar-refractivity contribution in [3.05, 3.63) is 73.6 Å². The van der Waals surface area contributed by atoms with Crippen molar-refractivity contribution in [2.45, 2.75) is 6.42 Å². The number of benzene rings is 1. The lowest BCUT2D eigenvalue weighted by Crippen LogP contribution is -2.39. The van der Waals surface area contributed by atoms with Crippen LogP contribution in [-0.2, 0) is 6.42 Å². The molecule has 164 valence electrons. The molecule has 1 aliphatic heterocycles. The molecule has 0 aliphatic carbocycles. The minimum absolute atomic E-state index is 0.0223. The quantitative estimate of drug-likeness (QED) is 0.554. The Morgan fingerprint density at radius 1 is 1.06 bits per heavy atom. The van der Waals surface area contributed by atoms with Gasteiger partial charge in [-0.25, -0.2) is 4.39 Å². The molecule has 0 bridgehead atoms. The number of rotatable bonds is 3. The summed E-state index contributed by atoms with van der Waals surface area (Å²) in [5.74, 6) is -0.915. The fraction of sp³-hybridized carbons (Fsp3) is 0.333. The topological polar surface area (TPSA) is 81.6 Å². The zero-order chi connectivity index (χ0) is 22.0. The lowest BCUT2D eigenvalue weighted by Gasteiger charge is -2.22. The van der Waals surface area contributed by atoms with E-state index in [1.165, 1.54) is 12.1 Å². The van der Waals surface area contributed by atoms with Crippen molar-refractivity contribution in [3.63, 3.8) is 0 Å². The Labute approximate surface area is 188 Å². The maximum atomic E-state index is 14.6. The highest BCUT2D eigenvalue weighted by atomic mass is 35.5. The van der Waals surface area contributed by atoms with E-state index in [-0.39, 0.29) is 27.2 Å². The lowest BCUT2D eigenvalue weighted by molar-refractivity contribution is 0.0756. The van der Waals surface area contributed by atoms with E-state index < -0.39 is 5.82 Å². The van der Waals surface area contributed by atoms with Gasteiger partial charge in [0.2, 0.25) is 0 Å². The van der Waals surface area contributed by atoms with Gasteiger partial charge in [0.1, 0.15) is 16.5 Å². The van der Waals surface area contributed by atoms with Crippen LogP contribution < -0.4 is 16.2 Å². The van der Waals surface area contributed by atoms with Gasteiger partial charge >= 0.3 is 0 Å². The lowest BCUT2D eigenvalue weighted by atomic mass is 10.0. The summed E-state index contributed by atoms with van der Waals surface area (Å²) in [5, 5.41) is 6.99. The molecule has 0 radical (unpaired) electrons. The maximum Gasteiger partial charge on any atom is 0.272 e. The molecule has 0 saturated carbocycles. The summed E-state index contributed by atoms with van der Waals surface area (Å²) in [5.41, 5.74) is 1.39. The second-order valence-electron chi connectivity index (χ2n) is 7.40. The average Bonchev–Trinajstić information content (AvgIpc) is 3.13. The monoisotopic (exact) mass is 465 g/mol. The zero-order valence-electron chi connectivity index (χ0n) is 16.7. The smallest absolute Gasteiger partial charge is 0.272 e. The van der Waals surface area contributed by atoms with E-state index in [1.54, 1.807) is 27.6 Å². The number of carbonyl (C=O) groups is 1. The number of carbonyl (C=O) groups excluding carboxylic acids is 1. The molecular formula is C21H22Cl2FN5O2. The number of amides is 1. The van der Waals surface area contributed by atoms with Crippen LogP contribution in [0.1, 0.15) is 21.6 Å². The number of hydrogen-bond acceptors (Lipinski definition) is 4. The molecule has 2 aromatic heterocycles. The van der Waals surface area contributed by atoms with Gasteiger partial charge < -0.3 is 20.5 Å². The van der Waals surface area contributed by atoms with Crippen molar-refractivity contribution in [3.8, 4) is 0 Å². The molecule has 3 aromatic rings. The molecule has 0 atom stereocenters. The largest absolute Gasteiger partial charge is 0.336 e. The highest BCUT2D eigenvalue weighted by Crippen LogP contribution is 2.27. The second kappa shape index (κ2) is 9.40.